The Labute approximate surface area is 148 Å². The molecule has 0 aliphatic rings. The Kier molecular flexibility index (Phi) is 5.84. The van der Waals surface area contributed by atoms with Crippen LogP contribution in [0, 0.1) is 13.8 Å². The quantitative estimate of drug-likeness (QED) is 0.587. The minimum Gasteiger partial charge on any atom is -0.452 e. The second kappa shape index (κ2) is 8.06. The summed E-state index contributed by atoms with van der Waals surface area (Å²) in [5.41, 5.74) is 4.77. The lowest BCUT2D eigenvalue weighted by atomic mass is 10.1. The summed E-state index contributed by atoms with van der Waals surface area (Å²) in [5, 5.41) is 3.96. The lowest BCUT2D eigenvalue weighted by Crippen LogP contribution is -2.43. The van der Waals surface area contributed by atoms with Crippen molar-refractivity contribution in [2.75, 3.05) is 6.61 Å². The zero-order chi connectivity index (χ0) is 19.3. The largest absolute Gasteiger partial charge is 0.452 e. The smallest absolute Gasteiger partial charge is 0.344 e. The number of hydrazine groups is 1. The molecule has 0 spiro atoms. The number of hydrogen-bond acceptors (Lipinski definition) is 6. The molecule has 0 fully saturated rings. The normalized spacial score (nSPS) is 10.1. The van der Waals surface area contributed by atoms with Gasteiger partial charge >= 0.3 is 5.97 Å². The summed E-state index contributed by atoms with van der Waals surface area (Å²) in [7, 11) is 1.41. The average molecular weight is 358 g/mol. The predicted molar refractivity (Wildman–Crippen MR) is 91.3 cm³/mol. The van der Waals surface area contributed by atoms with E-state index in [2.05, 4.69) is 16.0 Å². The summed E-state index contributed by atoms with van der Waals surface area (Å²) in [6.07, 6.45) is 0. The van der Waals surface area contributed by atoms with E-state index in [0.717, 1.165) is 4.68 Å². The van der Waals surface area contributed by atoms with E-state index in [-0.39, 0.29) is 5.56 Å². The maximum Gasteiger partial charge on any atom is 0.344 e. The minimum absolute atomic E-state index is 0.180. The van der Waals surface area contributed by atoms with E-state index in [0.29, 0.717) is 16.8 Å². The Hall–Kier alpha value is -3.49. The van der Waals surface area contributed by atoms with E-state index in [1.807, 2.05) is 0 Å². The number of benzene rings is 1. The van der Waals surface area contributed by atoms with Crippen molar-refractivity contribution in [1.82, 2.24) is 20.6 Å². The molecule has 2 amide bonds. The van der Waals surface area contributed by atoms with Crippen LogP contribution >= 0.6 is 0 Å². The number of amides is 2. The summed E-state index contributed by atoms with van der Waals surface area (Å²) in [4.78, 5) is 47.7. The topological polar surface area (TPSA) is 119 Å². The third-order valence-corrected chi connectivity index (χ3v) is 3.62. The Morgan fingerprint density at radius 1 is 1.12 bits per heavy atom. The fourth-order valence-electron chi connectivity index (χ4n) is 2.12. The Morgan fingerprint density at radius 3 is 2.42 bits per heavy atom. The van der Waals surface area contributed by atoms with Gasteiger partial charge in [-0.1, -0.05) is 18.2 Å². The second-order valence-electron chi connectivity index (χ2n) is 5.46. The van der Waals surface area contributed by atoms with Gasteiger partial charge in [-0.05, 0) is 31.5 Å². The SMILES string of the molecule is Cc1nn(C)c(=O)c(C(=O)OCC(=O)NNC(=O)c2ccccc2)c1C. The Morgan fingerprint density at radius 2 is 1.77 bits per heavy atom. The first-order chi connectivity index (χ1) is 12.3. The fourth-order valence-corrected chi connectivity index (χ4v) is 2.12. The van der Waals surface area contributed by atoms with Crippen LogP contribution in [-0.2, 0) is 16.6 Å². The van der Waals surface area contributed by atoms with Crippen molar-refractivity contribution in [1.29, 1.82) is 0 Å². The molecule has 0 saturated carbocycles. The molecule has 136 valence electrons. The molecule has 1 heterocycles. The third kappa shape index (κ3) is 4.32. The van der Waals surface area contributed by atoms with Crippen LogP contribution in [0.1, 0.15) is 32.0 Å². The summed E-state index contributed by atoms with van der Waals surface area (Å²) in [6, 6.07) is 8.26. The number of nitrogens with zero attached hydrogens (tertiary/aromatic N) is 2. The maximum atomic E-state index is 12.1. The number of ether oxygens (including phenoxy) is 1. The standard InChI is InChI=1S/C17H18N4O5/c1-10-11(2)20-21(3)16(24)14(10)17(25)26-9-13(22)18-19-15(23)12-7-5-4-6-8-12/h4-8H,9H2,1-3H3,(H,18,22)(H,19,23). The number of carbonyl (C=O) groups excluding carboxylic acids is 3. The molecule has 9 heteroatoms. The van der Waals surface area contributed by atoms with Crippen molar-refractivity contribution < 1.29 is 19.1 Å². The van der Waals surface area contributed by atoms with E-state index < -0.39 is 29.9 Å². The number of nitrogens with one attached hydrogen (secondary N) is 2. The zero-order valence-corrected chi connectivity index (χ0v) is 14.5. The monoisotopic (exact) mass is 358 g/mol. The van der Waals surface area contributed by atoms with E-state index in [4.69, 9.17) is 4.74 Å². The van der Waals surface area contributed by atoms with Crippen molar-refractivity contribution in [3.63, 3.8) is 0 Å². The lowest BCUT2D eigenvalue weighted by molar-refractivity contribution is -0.125. The molecule has 2 rings (SSSR count). The van der Waals surface area contributed by atoms with Gasteiger partial charge in [-0.15, -0.1) is 0 Å². The molecule has 1 aromatic carbocycles. The molecule has 0 aliphatic heterocycles. The molecule has 26 heavy (non-hydrogen) atoms. The number of aromatic nitrogens is 2. The highest BCUT2D eigenvalue weighted by Gasteiger charge is 2.20. The van der Waals surface area contributed by atoms with Gasteiger partial charge in [0.1, 0.15) is 5.56 Å². The number of aryl methyl sites for hydroxylation is 2. The van der Waals surface area contributed by atoms with Crippen LogP contribution < -0.4 is 16.4 Å². The summed E-state index contributed by atoms with van der Waals surface area (Å²) < 4.78 is 5.88. The first-order valence-corrected chi connectivity index (χ1v) is 7.67. The van der Waals surface area contributed by atoms with Gasteiger partial charge in [-0.2, -0.15) is 5.10 Å². The van der Waals surface area contributed by atoms with Gasteiger partial charge in [0.2, 0.25) is 0 Å². The maximum absolute atomic E-state index is 12.1. The third-order valence-electron chi connectivity index (χ3n) is 3.62. The summed E-state index contributed by atoms with van der Waals surface area (Å²) in [6.45, 7) is 2.57. The molecule has 0 unspecified atom stereocenters. The number of esters is 1. The van der Waals surface area contributed by atoms with Crippen molar-refractivity contribution in [2.24, 2.45) is 7.05 Å². The first-order valence-electron chi connectivity index (χ1n) is 7.67. The molecule has 0 aliphatic carbocycles. The molecule has 0 radical (unpaired) electrons. The van der Waals surface area contributed by atoms with Crippen LogP contribution in [-0.4, -0.2) is 34.2 Å². The van der Waals surface area contributed by atoms with Gasteiger partial charge in [0.15, 0.2) is 6.61 Å². The highest BCUT2D eigenvalue weighted by atomic mass is 16.5. The second-order valence-corrected chi connectivity index (χ2v) is 5.46. The first kappa shape index (κ1) is 18.8. The molecule has 9 nitrogen and oxygen atoms in total. The molecule has 2 N–H and O–H groups in total. The molecule has 0 bridgehead atoms. The van der Waals surface area contributed by atoms with Gasteiger partial charge in [0, 0.05) is 12.6 Å². The van der Waals surface area contributed by atoms with Gasteiger partial charge in [-0.25, -0.2) is 9.48 Å². The predicted octanol–water partition coefficient (Wildman–Crippen LogP) is 0.0151. The Balaban J connectivity index is 1.93. The number of rotatable bonds is 4. The van der Waals surface area contributed by atoms with Gasteiger partial charge in [0.05, 0.1) is 5.69 Å². The Bertz CT molecular complexity index is 905. The van der Waals surface area contributed by atoms with Gasteiger partial charge < -0.3 is 4.74 Å². The van der Waals surface area contributed by atoms with E-state index in [9.17, 15) is 19.2 Å². The van der Waals surface area contributed by atoms with Crippen LogP contribution in [0.3, 0.4) is 0 Å². The molecular formula is C17H18N4O5. The lowest BCUT2D eigenvalue weighted by Gasteiger charge is -2.10. The van der Waals surface area contributed by atoms with E-state index in [1.165, 1.54) is 7.05 Å². The van der Waals surface area contributed by atoms with E-state index in [1.54, 1.807) is 44.2 Å². The highest BCUT2D eigenvalue weighted by Crippen LogP contribution is 2.07. The van der Waals surface area contributed by atoms with Crippen LogP contribution in [0.2, 0.25) is 0 Å². The van der Waals surface area contributed by atoms with Crippen molar-refractivity contribution >= 4 is 17.8 Å². The van der Waals surface area contributed by atoms with Gasteiger partial charge in [0.25, 0.3) is 17.4 Å². The van der Waals surface area contributed by atoms with Crippen molar-refractivity contribution in [2.45, 2.75) is 13.8 Å². The zero-order valence-electron chi connectivity index (χ0n) is 14.5. The molecule has 0 atom stereocenters. The van der Waals surface area contributed by atoms with Crippen LogP contribution in [0.4, 0.5) is 0 Å². The van der Waals surface area contributed by atoms with Gasteiger partial charge in [-0.3, -0.25) is 25.2 Å². The van der Waals surface area contributed by atoms with Crippen molar-refractivity contribution in [3.8, 4) is 0 Å². The van der Waals surface area contributed by atoms with Crippen molar-refractivity contribution in [3.05, 3.63) is 63.1 Å². The summed E-state index contributed by atoms with van der Waals surface area (Å²) >= 11 is 0. The fraction of sp³-hybridized carbons (Fsp3) is 0.235. The molecular weight excluding hydrogens is 340 g/mol. The summed E-state index contributed by atoms with van der Waals surface area (Å²) in [5.74, 6) is -2.19. The molecule has 1 aromatic heterocycles. The van der Waals surface area contributed by atoms with Crippen LogP contribution in [0.25, 0.3) is 0 Å². The minimum atomic E-state index is -0.932. The highest BCUT2D eigenvalue weighted by molar-refractivity contribution is 5.96. The van der Waals surface area contributed by atoms with Crippen LogP contribution in [0.15, 0.2) is 35.1 Å². The average Bonchev–Trinajstić information content (AvgIpc) is 2.63. The van der Waals surface area contributed by atoms with Crippen LogP contribution in [0.5, 0.6) is 0 Å². The number of hydrogen-bond donors (Lipinski definition) is 2. The molecule has 0 saturated heterocycles. The number of carbonyl (C=O) groups is 3. The molecule has 2 aromatic rings. The van der Waals surface area contributed by atoms with E-state index >= 15 is 0 Å².